The maximum absolute atomic E-state index is 11.1. The summed E-state index contributed by atoms with van der Waals surface area (Å²) in [5.41, 5.74) is 5.17. The van der Waals surface area contributed by atoms with Crippen molar-refractivity contribution in [1.29, 1.82) is 0 Å². The predicted molar refractivity (Wildman–Crippen MR) is 70.4 cm³/mol. The third kappa shape index (κ3) is 3.09. The Balaban J connectivity index is 3.54. The first-order valence-corrected chi connectivity index (χ1v) is 5.77. The van der Waals surface area contributed by atoms with E-state index in [4.69, 9.17) is 31.9 Å². The molecule has 0 radical (unpaired) electrons. The van der Waals surface area contributed by atoms with Gasteiger partial charge in [-0.1, -0.05) is 11.6 Å². The molecule has 20 heavy (non-hydrogen) atoms. The molecule has 1 aromatic rings. The monoisotopic (exact) mass is 304 g/mol. The summed E-state index contributed by atoms with van der Waals surface area (Å²) in [6.45, 7) is 0. The number of hydrogen-bond donors (Lipinski definition) is 2. The number of ether oxygens (including phenoxy) is 2. The Morgan fingerprint density at radius 3 is 2.55 bits per heavy atom. The zero-order chi connectivity index (χ0) is 15.4. The average Bonchev–Trinajstić information content (AvgIpc) is 2.35. The Morgan fingerprint density at radius 2 is 2.15 bits per heavy atom. The molecule has 0 amide bonds. The Bertz CT molecular complexity index is 548. The lowest BCUT2D eigenvalue weighted by Gasteiger charge is -2.16. The van der Waals surface area contributed by atoms with Crippen LogP contribution in [0, 0.1) is 10.1 Å². The fourth-order valence-corrected chi connectivity index (χ4v) is 2.15. The second kappa shape index (κ2) is 6.40. The molecule has 0 saturated heterocycles. The van der Waals surface area contributed by atoms with Crippen LogP contribution in [0.5, 0.6) is 11.5 Å². The van der Waals surface area contributed by atoms with Crippen molar-refractivity contribution in [3.8, 4) is 11.5 Å². The zero-order valence-electron chi connectivity index (χ0n) is 10.8. The van der Waals surface area contributed by atoms with Crippen molar-refractivity contribution in [2.75, 3.05) is 14.2 Å². The van der Waals surface area contributed by atoms with Gasteiger partial charge in [-0.2, -0.15) is 0 Å². The van der Waals surface area contributed by atoms with Gasteiger partial charge in [0.25, 0.3) is 5.69 Å². The Morgan fingerprint density at radius 1 is 1.55 bits per heavy atom. The Labute approximate surface area is 119 Å². The SMILES string of the molecule is COc1cc([N+](=O)[O-])c(C(N)CC(=O)O)c(Cl)c1OC. The van der Waals surface area contributed by atoms with Crippen LogP contribution in [0.4, 0.5) is 5.69 Å². The molecule has 1 atom stereocenters. The fourth-order valence-electron chi connectivity index (χ4n) is 1.75. The molecular formula is C11H13ClN2O6. The van der Waals surface area contributed by atoms with Crippen LogP contribution >= 0.6 is 11.6 Å². The van der Waals surface area contributed by atoms with Crippen LogP contribution in [0.3, 0.4) is 0 Å². The summed E-state index contributed by atoms with van der Waals surface area (Å²) in [4.78, 5) is 21.1. The molecular weight excluding hydrogens is 292 g/mol. The van der Waals surface area contributed by atoms with Gasteiger partial charge in [-0.25, -0.2) is 0 Å². The molecule has 0 heterocycles. The first-order valence-electron chi connectivity index (χ1n) is 5.39. The number of benzene rings is 1. The fraction of sp³-hybridized carbons (Fsp3) is 0.364. The largest absolute Gasteiger partial charge is 0.493 e. The number of methoxy groups -OCH3 is 2. The first kappa shape index (κ1) is 16.0. The van der Waals surface area contributed by atoms with Gasteiger partial charge in [-0.3, -0.25) is 14.9 Å². The molecule has 1 aromatic carbocycles. The molecule has 0 aliphatic rings. The summed E-state index contributed by atoms with van der Waals surface area (Å²) in [6.07, 6.45) is -0.504. The highest BCUT2D eigenvalue weighted by molar-refractivity contribution is 6.33. The van der Waals surface area contributed by atoms with Crippen LogP contribution in [0.2, 0.25) is 5.02 Å². The van der Waals surface area contributed by atoms with Gasteiger partial charge in [-0.05, 0) is 0 Å². The lowest BCUT2D eigenvalue weighted by atomic mass is 10.0. The van der Waals surface area contributed by atoms with Gasteiger partial charge >= 0.3 is 5.97 Å². The molecule has 0 aromatic heterocycles. The van der Waals surface area contributed by atoms with E-state index in [1.165, 1.54) is 14.2 Å². The van der Waals surface area contributed by atoms with Gasteiger partial charge in [0, 0.05) is 6.04 Å². The predicted octanol–water partition coefficient (Wildman–Crippen LogP) is 1.74. The molecule has 1 rings (SSSR count). The number of nitrogens with two attached hydrogens (primary N) is 1. The number of carboxylic acid groups (broad SMARTS) is 1. The van der Waals surface area contributed by atoms with Crippen LogP contribution in [-0.4, -0.2) is 30.2 Å². The van der Waals surface area contributed by atoms with E-state index in [0.29, 0.717) is 0 Å². The third-order valence-electron chi connectivity index (χ3n) is 2.59. The van der Waals surface area contributed by atoms with E-state index in [1.807, 2.05) is 0 Å². The number of nitro groups is 1. The number of aliphatic carboxylic acids is 1. The van der Waals surface area contributed by atoms with Gasteiger partial charge < -0.3 is 20.3 Å². The van der Waals surface area contributed by atoms with Crippen LogP contribution in [0.25, 0.3) is 0 Å². The molecule has 0 saturated carbocycles. The second-order valence-corrected chi connectivity index (χ2v) is 4.20. The average molecular weight is 305 g/mol. The number of halogens is 1. The van der Waals surface area contributed by atoms with E-state index in [1.54, 1.807) is 0 Å². The quantitative estimate of drug-likeness (QED) is 0.605. The maximum atomic E-state index is 11.1. The molecule has 3 N–H and O–H groups in total. The molecule has 0 bridgehead atoms. The van der Waals surface area contributed by atoms with E-state index in [-0.39, 0.29) is 22.1 Å². The van der Waals surface area contributed by atoms with E-state index in [2.05, 4.69) is 0 Å². The third-order valence-corrected chi connectivity index (χ3v) is 2.96. The van der Waals surface area contributed by atoms with Gasteiger partial charge in [0.15, 0.2) is 11.5 Å². The summed E-state index contributed by atoms with van der Waals surface area (Å²) in [6, 6.07) is -0.0397. The normalized spacial score (nSPS) is 11.8. The van der Waals surface area contributed by atoms with Crippen molar-refractivity contribution in [2.45, 2.75) is 12.5 Å². The summed E-state index contributed by atoms with van der Waals surface area (Å²) >= 11 is 6.04. The van der Waals surface area contributed by atoms with Gasteiger partial charge in [-0.15, -0.1) is 0 Å². The van der Waals surface area contributed by atoms with Crippen molar-refractivity contribution in [2.24, 2.45) is 5.73 Å². The van der Waals surface area contributed by atoms with E-state index >= 15 is 0 Å². The minimum Gasteiger partial charge on any atom is -0.493 e. The van der Waals surface area contributed by atoms with Crippen molar-refractivity contribution < 1.29 is 24.3 Å². The topological polar surface area (TPSA) is 125 Å². The highest BCUT2D eigenvalue weighted by Crippen LogP contribution is 2.45. The molecule has 9 heteroatoms. The number of nitrogens with zero attached hydrogens (tertiary/aromatic N) is 1. The number of nitro benzene ring substituents is 1. The van der Waals surface area contributed by atoms with Gasteiger partial charge in [0.2, 0.25) is 0 Å². The zero-order valence-corrected chi connectivity index (χ0v) is 11.5. The molecule has 0 spiro atoms. The van der Waals surface area contributed by atoms with Crippen molar-refractivity contribution in [3.05, 3.63) is 26.8 Å². The second-order valence-electron chi connectivity index (χ2n) is 3.82. The highest BCUT2D eigenvalue weighted by atomic mass is 35.5. The molecule has 8 nitrogen and oxygen atoms in total. The summed E-state index contributed by atoms with van der Waals surface area (Å²) < 4.78 is 9.97. The highest BCUT2D eigenvalue weighted by Gasteiger charge is 2.29. The lowest BCUT2D eigenvalue weighted by Crippen LogP contribution is -2.17. The Hall–Kier alpha value is -2.06. The number of hydrogen-bond acceptors (Lipinski definition) is 6. The van der Waals surface area contributed by atoms with Crippen LogP contribution < -0.4 is 15.2 Å². The lowest BCUT2D eigenvalue weighted by molar-refractivity contribution is -0.385. The summed E-state index contributed by atoms with van der Waals surface area (Å²) in [5, 5.41) is 19.7. The molecule has 0 aliphatic heterocycles. The maximum Gasteiger partial charge on any atom is 0.305 e. The van der Waals surface area contributed by atoms with Crippen LogP contribution in [-0.2, 0) is 4.79 Å². The molecule has 0 aliphatic carbocycles. The van der Waals surface area contributed by atoms with Crippen molar-refractivity contribution in [1.82, 2.24) is 0 Å². The number of carbonyl (C=O) groups is 1. The summed E-state index contributed by atoms with van der Waals surface area (Å²) in [7, 11) is 2.61. The van der Waals surface area contributed by atoms with Gasteiger partial charge in [0.1, 0.15) is 0 Å². The number of rotatable bonds is 6. The van der Waals surface area contributed by atoms with Crippen LogP contribution in [0.15, 0.2) is 6.07 Å². The first-order chi connectivity index (χ1) is 9.33. The molecule has 1 unspecified atom stereocenters. The molecule has 0 fully saturated rings. The van der Waals surface area contributed by atoms with Crippen molar-refractivity contribution in [3.63, 3.8) is 0 Å². The van der Waals surface area contributed by atoms with E-state index < -0.39 is 29.0 Å². The minimum absolute atomic E-state index is 0.0653. The van der Waals surface area contributed by atoms with E-state index in [9.17, 15) is 14.9 Å². The van der Waals surface area contributed by atoms with Crippen molar-refractivity contribution >= 4 is 23.3 Å². The number of carboxylic acids is 1. The molecule has 110 valence electrons. The Kier molecular flexibility index (Phi) is 5.12. The van der Waals surface area contributed by atoms with Gasteiger partial charge in [0.05, 0.1) is 42.2 Å². The standard InChI is InChI=1S/C11H13ClN2O6/c1-19-7-4-6(14(17)18)9(5(13)3-8(15)16)10(12)11(7)20-2/h4-5H,3,13H2,1-2H3,(H,15,16). The minimum atomic E-state index is -1.20. The van der Waals surface area contributed by atoms with Crippen LogP contribution in [0.1, 0.15) is 18.0 Å². The van der Waals surface area contributed by atoms with E-state index in [0.717, 1.165) is 6.07 Å². The smallest absolute Gasteiger partial charge is 0.305 e. The summed E-state index contributed by atoms with van der Waals surface area (Å²) in [5.74, 6) is -1.07.